The van der Waals surface area contributed by atoms with Crippen molar-refractivity contribution in [2.24, 2.45) is 11.3 Å². The van der Waals surface area contributed by atoms with E-state index >= 15 is 0 Å². The van der Waals surface area contributed by atoms with Gasteiger partial charge in [0.05, 0.1) is 0 Å². The van der Waals surface area contributed by atoms with Gasteiger partial charge in [0.15, 0.2) is 0 Å². The van der Waals surface area contributed by atoms with Crippen LogP contribution in [-0.4, -0.2) is 58.4 Å². The zero-order valence-electron chi connectivity index (χ0n) is 15.5. The Labute approximate surface area is 166 Å². The highest BCUT2D eigenvalue weighted by molar-refractivity contribution is 5.82. The highest BCUT2D eigenvalue weighted by Gasteiger charge is 2.61. The standard InChI is InChI=1S/C17H18F6N4O3/c18-16(19,20)13(17(21,22)23)30-14(29)27-3-1-15(2-4-27)5-11(15)12(28)26-8-10-6-24-9-25-7-10/h6-7,9,11,13H,1-5,8H2,(H,26,28). The lowest BCUT2D eigenvalue weighted by Crippen LogP contribution is -2.49. The van der Waals surface area contributed by atoms with Crippen LogP contribution in [0.1, 0.15) is 24.8 Å². The predicted molar refractivity (Wildman–Crippen MR) is 87.6 cm³/mol. The average molecular weight is 440 g/mol. The number of amides is 2. The molecule has 0 aromatic carbocycles. The van der Waals surface area contributed by atoms with Gasteiger partial charge in [-0.3, -0.25) is 4.79 Å². The lowest BCUT2D eigenvalue weighted by Gasteiger charge is -2.33. The molecule has 1 aromatic heterocycles. The molecule has 1 unspecified atom stereocenters. The van der Waals surface area contributed by atoms with E-state index < -0.39 is 30.0 Å². The second kappa shape index (κ2) is 7.91. The van der Waals surface area contributed by atoms with E-state index in [0.29, 0.717) is 12.0 Å². The Morgan fingerprint density at radius 3 is 2.23 bits per heavy atom. The van der Waals surface area contributed by atoms with Crippen molar-refractivity contribution in [3.8, 4) is 0 Å². The van der Waals surface area contributed by atoms with Crippen LogP contribution >= 0.6 is 0 Å². The van der Waals surface area contributed by atoms with Crippen LogP contribution < -0.4 is 5.32 Å². The van der Waals surface area contributed by atoms with Gasteiger partial charge in [0.25, 0.3) is 6.10 Å². The van der Waals surface area contributed by atoms with Gasteiger partial charge in [-0.25, -0.2) is 14.8 Å². The van der Waals surface area contributed by atoms with Gasteiger partial charge in [-0.05, 0) is 24.7 Å². The molecule has 2 aliphatic rings. The molecule has 1 aliphatic carbocycles. The lowest BCUT2D eigenvalue weighted by molar-refractivity contribution is -0.308. The molecule has 2 fully saturated rings. The number of carbonyl (C=O) groups is 2. The van der Waals surface area contributed by atoms with E-state index in [9.17, 15) is 35.9 Å². The zero-order chi connectivity index (χ0) is 22.2. The van der Waals surface area contributed by atoms with E-state index in [1.807, 2.05) is 0 Å². The fourth-order valence-corrected chi connectivity index (χ4v) is 3.63. The summed E-state index contributed by atoms with van der Waals surface area (Å²) in [6, 6.07) is 0. The third kappa shape index (κ3) is 4.93. The molecule has 1 saturated carbocycles. The summed E-state index contributed by atoms with van der Waals surface area (Å²) in [5, 5.41) is 2.75. The molecular weight excluding hydrogens is 422 g/mol. The van der Waals surface area contributed by atoms with Crippen LogP contribution in [-0.2, 0) is 16.1 Å². The Bertz CT molecular complexity index is 764. The van der Waals surface area contributed by atoms with E-state index in [1.165, 1.54) is 6.33 Å². The van der Waals surface area contributed by atoms with Crippen molar-refractivity contribution in [1.82, 2.24) is 20.2 Å². The normalized spacial score (nSPS) is 20.9. The van der Waals surface area contributed by atoms with Crippen LogP contribution in [0.15, 0.2) is 18.7 Å². The molecule has 1 atom stereocenters. The topological polar surface area (TPSA) is 84.4 Å². The largest absolute Gasteiger partial charge is 0.434 e. The fraction of sp³-hybridized carbons (Fsp3) is 0.647. The highest BCUT2D eigenvalue weighted by atomic mass is 19.4. The summed E-state index contributed by atoms with van der Waals surface area (Å²) < 4.78 is 79.0. The van der Waals surface area contributed by atoms with E-state index in [-0.39, 0.29) is 44.3 Å². The molecule has 2 amide bonds. The Kier molecular flexibility index (Phi) is 5.83. The number of alkyl halides is 6. The lowest BCUT2D eigenvalue weighted by atomic mass is 9.91. The van der Waals surface area contributed by atoms with Crippen molar-refractivity contribution in [1.29, 1.82) is 0 Å². The molecule has 1 spiro atoms. The minimum absolute atomic E-state index is 0.0857. The van der Waals surface area contributed by atoms with Crippen molar-refractivity contribution in [3.63, 3.8) is 0 Å². The van der Waals surface area contributed by atoms with Crippen molar-refractivity contribution in [3.05, 3.63) is 24.3 Å². The van der Waals surface area contributed by atoms with Crippen LogP contribution in [0.3, 0.4) is 0 Å². The maximum Gasteiger partial charge on any atom is 0.434 e. The van der Waals surface area contributed by atoms with Gasteiger partial charge in [-0.15, -0.1) is 0 Å². The first-order valence-corrected chi connectivity index (χ1v) is 9.03. The number of halogens is 6. The summed E-state index contributed by atoms with van der Waals surface area (Å²) in [6.45, 7) is 0.0656. The predicted octanol–water partition coefficient (Wildman–Crippen LogP) is 2.82. The molecule has 30 heavy (non-hydrogen) atoms. The van der Waals surface area contributed by atoms with Crippen LogP contribution in [0.2, 0.25) is 0 Å². The number of nitrogens with zero attached hydrogens (tertiary/aromatic N) is 3. The maximum absolute atomic E-state index is 12.5. The van der Waals surface area contributed by atoms with Gasteiger partial charge in [-0.2, -0.15) is 26.3 Å². The first-order chi connectivity index (χ1) is 13.9. The number of aromatic nitrogens is 2. The number of piperidine rings is 1. The molecule has 7 nitrogen and oxygen atoms in total. The summed E-state index contributed by atoms with van der Waals surface area (Å²) in [5.74, 6) is -0.525. The Morgan fingerprint density at radius 2 is 1.70 bits per heavy atom. The number of likely N-dealkylation sites (tertiary alicyclic amines) is 1. The molecule has 1 saturated heterocycles. The van der Waals surface area contributed by atoms with Gasteiger partial charge in [0.2, 0.25) is 5.91 Å². The Hall–Kier alpha value is -2.60. The van der Waals surface area contributed by atoms with Gasteiger partial charge in [-0.1, -0.05) is 0 Å². The van der Waals surface area contributed by atoms with Gasteiger partial charge in [0, 0.05) is 43.5 Å². The average Bonchev–Trinajstić information content (AvgIpc) is 3.37. The van der Waals surface area contributed by atoms with Gasteiger partial charge >= 0.3 is 18.4 Å². The van der Waals surface area contributed by atoms with E-state index in [4.69, 9.17) is 0 Å². The number of hydrogen-bond acceptors (Lipinski definition) is 5. The zero-order valence-corrected chi connectivity index (χ0v) is 15.5. The van der Waals surface area contributed by atoms with Crippen LogP contribution in [0.25, 0.3) is 0 Å². The van der Waals surface area contributed by atoms with E-state index in [2.05, 4.69) is 20.0 Å². The third-order valence-electron chi connectivity index (χ3n) is 5.42. The summed E-state index contributed by atoms with van der Waals surface area (Å²) in [5.41, 5.74) is 0.309. The fourth-order valence-electron chi connectivity index (χ4n) is 3.63. The SMILES string of the molecule is O=C(NCc1cncnc1)C1CC12CCN(C(=O)OC(C(F)(F)F)C(F)(F)F)CC2. The first kappa shape index (κ1) is 22.1. The molecular formula is C17H18F6N4O3. The van der Waals surface area contributed by atoms with Crippen LogP contribution in [0.5, 0.6) is 0 Å². The molecule has 13 heteroatoms. The third-order valence-corrected chi connectivity index (χ3v) is 5.42. The van der Waals surface area contributed by atoms with E-state index in [0.717, 1.165) is 4.90 Å². The number of nitrogens with one attached hydrogen (secondary N) is 1. The number of ether oxygens (including phenoxy) is 1. The summed E-state index contributed by atoms with van der Waals surface area (Å²) >= 11 is 0. The minimum Gasteiger partial charge on any atom is -0.426 e. The second-order valence-electron chi connectivity index (χ2n) is 7.42. The molecule has 1 N–H and O–H groups in total. The molecule has 0 radical (unpaired) electrons. The molecule has 1 aliphatic heterocycles. The smallest absolute Gasteiger partial charge is 0.426 e. The first-order valence-electron chi connectivity index (χ1n) is 9.03. The van der Waals surface area contributed by atoms with Crippen LogP contribution in [0, 0.1) is 11.3 Å². The Balaban J connectivity index is 1.49. The minimum atomic E-state index is -5.76. The highest BCUT2D eigenvalue weighted by Crippen LogP contribution is 2.59. The van der Waals surface area contributed by atoms with Gasteiger partial charge in [0.1, 0.15) is 6.33 Å². The molecule has 0 bridgehead atoms. The summed E-state index contributed by atoms with van der Waals surface area (Å²) in [7, 11) is 0. The monoisotopic (exact) mass is 440 g/mol. The maximum atomic E-state index is 12.5. The second-order valence-corrected chi connectivity index (χ2v) is 7.42. The van der Waals surface area contributed by atoms with E-state index in [1.54, 1.807) is 12.4 Å². The van der Waals surface area contributed by atoms with Crippen molar-refractivity contribution >= 4 is 12.0 Å². The molecule has 2 heterocycles. The van der Waals surface area contributed by atoms with Crippen molar-refractivity contribution in [2.45, 2.75) is 44.3 Å². The summed E-state index contributed by atoms with van der Waals surface area (Å²) in [6.07, 6.45) is -11.8. The van der Waals surface area contributed by atoms with Crippen molar-refractivity contribution in [2.75, 3.05) is 13.1 Å². The number of hydrogen-bond donors (Lipinski definition) is 1. The van der Waals surface area contributed by atoms with Crippen molar-refractivity contribution < 1.29 is 40.7 Å². The molecule has 3 rings (SSSR count). The number of carbonyl (C=O) groups excluding carboxylic acids is 2. The quantitative estimate of drug-likeness (QED) is 0.728. The summed E-state index contributed by atoms with van der Waals surface area (Å²) in [4.78, 5) is 32.6. The molecule has 1 aromatic rings. The van der Waals surface area contributed by atoms with Crippen LogP contribution in [0.4, 0.5) is 31.1 Å². The van der Waals surface area contributed by atoms with Gasteiger partial charge < -0.3 is 15.0 Å². The Morgan fingerprint density at radius 1 is 1.13 bits per heavy atom. The molecule has 166 valence electrons. The number of rotatable bonds is 4.